The summed E-state index contributed by atoms with van der Waals surface area (Å²) in [6.45, 7) is 0.191. The monoisotopic (exact) mass is 342 g/mol. The van der Waals surface area contributed by atoms with Gasteiger partial charge in [-0.25, -0.2) is 0 Å². The molecular weight excluding hydrogens is 330 g/mol. The maximum atomic E-state index is 12.4. The average Bonchev–Trinajstić information content (AvgIpc) is 2.48. The zero-order valence-corrected chi connectivity index (χ0v) is 12.7. The number of hydrogen-bond donors (Lipinski definition) is 1. The quantitative estimate of drug-likeness (QED) is 0.584. The molecule has 1 N–H and O–H groups in total. The number of ketones is 1. The molecule has 1 aromatic heterocycles. The number of phenolic OH excluding ortho intramolecular Hbond substituents is 1. The highest BCUT2D eigenvalue weighted by atomic mass is 79.9. The number of nitrogens with zero attached hydrogens (tertiary/aromatic N) is 1. The number of para-hydroxylation sites is 1. The Morgan fingerprint density at radius 2 is 1.76 bits per heavy atom. The van der Waals surface area contributed by atoms with Gasteiger partial charge in [-0.2, -0.15) is 4.57 Å². The minimum Gasteiger partial charge on any atom is -0.502 e. The number of halogens is 1. The molecule has 0 amide bonds. The largest absolute Gasteiger partial charge is 0.502 e. The molecule has 0 saturated heterocycles. The second kappa shape index (κ2) is 5.66. The average molecular weight is 343 g/mol. The number of aromatic hydroxyl groups is 1. The summed E-state index contributed by atoms with van der Waals surface area (Å²) in [4.78, 5) is 12.4. The number of carbonyl (C=O) groups is 1. The summed E-state index contributed by atoms with van der Waals surface area (Å²) in [5, 5.41) is 10.9. The lowest BCUT2D eigenvalue weighted by molar-refractivity contribution is -0.657. The number of rotatable bonds is 3. The maximum absolute atomic E-state index is 12.4. The molecule has 21 heavy (non-hydrogen) atoms. The van der Waals surface area contributed by atoms with E-state index in [0.29, 0.717) is 11.1 Å². The summed E-state index contributed by atoms with van der Waals surface area (Å²) >= 11 is 3.35. The summed E-state index contributed by atoms with van der Waals surface area (Å²) in [6, 6.07) is 16.4. The lowest BCUT2D eigenvalue weighted by Crippen LogP contribution is -2.38. The predicted molar refractivity (Wildman–Crippen MR) is 84.3 cm³/mol. The molecule has 3 aromatic rings. The van der Waals surface area contributed by atoms with Gasteiger partial charge in [0.2, 0.25) is 12.3 Å². The van der Waals surface area contributed by atoms with E-state index in [9.17, 15) is 9.90 Å². The first-order chi connectivity index (χ1) is 10.1. The molecule has 0 aliphatic carbocycles. The molecule has 0 fully saturated rings. The Labute approximate surface area is 130 Å². The van der Waals surface area contributed by atoms with Crippen LogP contribution in [0.15, 0.2) is 65.3 Å². The van der Waals surface area contributed by atoms with Gasteiger partial charge in [0.05, 0.1) is 5.39 Å². The molecule has 104 valence electrons. The molecule has 0 radical (unpaired) electrons. The second-order valence-corrected chi connectivity index (χ2v) is 5.70. The number of Topliss-reactive ketones (excluding diaryl/α,β-unsaturated/α-hetero) is 1. The fraction of sp³-hybridized carbons (Fsp3) is 0.0588. The van der Waals surface area contributed by atoms with Gasteiger partial charge >= 0.3 is 0 Å². The number of benzene rings is 2. The van der Waals surface area contributed by atoms with E-state index in [1.807, 2.05) is 30.3 Å². The van der Waals surface area contributed by atoms with Crippen LogP contribution in [0.4, 0.5) is 0 Å². The fourth-order valence-corrected chi connectivity index (χ4v) is 2.60. The van der Waals surface area contributed by atoms with E-state index < -0.39 is 0 Å². The first kappa shape index (κ1) is 13.8. The summed E-state index contributed by atoms with van der Waals surface area (Å²) in [5.74, 6) is 0.181. The summed E-state index contributed by atoms with van der Waals surface area (Å²) < 4.78 is 2.71. The Hall–Kier alpha value is -2.20. The van der Waals surface area contributed by atoms with Crippen LogP contribution in [0, 0.1) is 0 Å². The van der Waals surface area contributed by atoms with Crippen molar-refractivity contribution in [3.63, 3.8) is 0 Å². The second-order valence-electron chi connectivity index (χ2n) is 4.78. The van der Waals surface area contributed by atoms with Gasteiger partial charge in [0, 0.05) is 16.1 Å². The molecule has 1 heterocycles. The van der Waals surface area contributed by atoms with Gasteiger partial charge < -0.3 is 5.11 Å². The number of hydrogen-bond acceptors (Lipinski definition) is 2. The van der Waals surface area contributed by atoms with Crippen molar-refractivity contribution in [3.05, 3.63) is 70.8 Å². The van der Waals surface area contributed by atoms with Crippen LogP contribution >= 0.6 is 15.9 Å². The molecule has 0 spiro atoms. The van der Waals surface area contributed by atoms with E-state index in [1.54, 1.807) is 35.0 Å². The highest BCUT2D eigenvalue weighted by Gasteiger charge is 2.17. The van der Waals surface area contributed by atoms with Crippen LogP contribution < -0.4 is 4.57 Å². The van der Waals surface area contributed by atoms with Gasteiger partial charge in [-0.15, -0.1) is 0 Å². The lowest BCUT2D eigenvalue weighted by Gasteiger charge is -2.03. The van der Waals surface area contributed by atoms with Gasteiger partial charge in [-0.1, -0.05) is 34.1 Å². The Morgan fingerprint density at radius 3 is 2.52 bits per heavy atom. The van der Waals surface area contributed by atoms with Crippen LogP contribution in [0.2, 0.25) is 0 Å². The Morgan fingerprint density at radius 1 is 1.05 bits per heavy atom. The van der Waals surface area contributed by atoms with Crippen molar-refractivity contribution in [2.75, 3.05) is 0 Å². The highest BCUT2D eigenvalue weighted by Crippen LogP contribution is 2.20. The zero-order valence-electron chi connectivity index (χ0n) is 11.2. The minimum absolute atomic E-state index is 0.00301. The van der Waals surface area contributed by atoms with Crippen molar-refractivity contribution < 1.29 is 14.5 Å². The Bertz CT molecular complexity index is 807. The van der Waals surface area contributed by atoms with E-state index in [4.69, 9.17) is 0 Å². The number of fused-ring (bicyclic) bond motifs is 1. The van der Waals surface area contributed by atoms with E-state index >= 15 is 0 Å². The standard InChI is InChI=1S/C17H12BrNO2/c18-14-8-6-12(7-9-14)16(21)11-19-10-2-4-13-3-1-5-15(20)17(13)19/h1-10H,11H2/p+1. The van der Waals surface area contributed by atoms with Gasteiger partial charge in [-0.3, -0.25) is 4.79 Å². The molecule has 2 aromatic carbocycles. The molecular formula is C17H13BrNO2+. The van der Waals surface area contributed by atoms with Crippen molar-refractivity contribution in [1.29, 1.82) is 0 Å². The van der Waals surface area contributed by atoms with Gasteiger partial charge in [0.1, 0.15) is 0 Å². The Kier molecular flexibility index (Phi) is 3.71. The number of phenols is 1. The highest BCUT2D eigenvalue weighted by molar-refractivity contribution is 9.10. The molecule has 3 rings (SSSR count). The van der Waals surface area contributed by atoms with Crippen LogP contribution in [0.3, 0.4) is 0 Å². The SMILES string of the molecule is O=C(C[n+]1cccc2cccc(O)c21)c1ccc(Br)cc1. The predicted octanol–water partition coefficient (Wildman–Crippen LogP) is 3.48. The van der Waals surface area contributed by atoms with Crippen molar-refractivity contribution in [1.82, 2.24) is 0 Å². The van der Waals surface area contributed by atoms with Crippen molar-refractivity contribution >= 4 is 32.6 Å². The van der Waals surface area contributed by atoms with Gasteiger partial charge in [0.15, 0.2) is 11.9 Å². The maximum Gasteiger partial charge on any atom is 0.255 e. The molecule has 3 nitrogen and oxygen atoms in total. The minimum atomic E-state index is 0.00301. The molecule has 4 heteroatoms. The van der Waals surface area contributed by atoms with Gasteiger partial charge in [0.25, 0.3) is 5.52 Å². The number of aromatic nitrogens is 1. The molecule has 0 bridgehead atoms. The fourth-order valence-electron chi connectivity index (χ4n) is 2.33. The molecule has 0 atom stereocenters. The van der Waals surface area contributed by atoms with Crippen molar-refractivity contribution in [3.8, 4) is 5.75 Å². The van der Waals surface area contributed by atoms with Crippen LogP contribution in [-0.2, 0) is 6.54 Å². The van der Waals surface area contributed by atoms with Crippen LogP contribution in [0.5, 0.6) is 5.75 Å². The first-order valence-electron chi connectivity index (χ1n) is 6.54. The molecule has 0 aliphatic rings. The topological polar surface area (TPSA) is 41.2 Å². The third kappa shape index (κ3) is 2.81. The summed E-state index contributed by atoms with van der Waals surface area (Å²) in [6.07, 6.45) is 1.80. The third-order valence-electron chi connectivity index (χ3n) is 3.36. The van der Waals surface area contributed by atoms with Crippen LogP contribution in [0.1, 0.15) is 10.4 Å². The summed E-state index contributed by atoms with van der Waals surface area (Å²) in [7, 11) is 0. The smallest absolute Gasteiger partial charge is 0.255 e. The van der Waals surface area contributed by atoms with Crippen molar-refractivity contribution in [2.45, 2.75) is 6.54 Å². The van der Waals surface area contributed by atoms with Crippen LogP contribution in [0.25, 0.3) is 10.9 Å². The zero-order chi connectivity index (χ0) is 14.8. The molecule has 0 aliphatic heterocycles. The van der Waals surface area contributed by atoms with Crippen molar-refractivity contribution in [2.24, 2.45) is 0 Å². The third-order valence-corrected chi connectivity index (χ3v) is 3.88. The first-order valence-corrected chi connectivity index (χ1v) is 7.33. The normalized spacial score (nSPS) is 10.7. The van der Waals surface area contributed by atoms with E-state index in [0.717, 1.165) is 9.86 Å². The summed E-state index contributed by atoms with van der Waals surface area (Å²) in [5.41, 5.74) is 1.32. The van der Waals surface area contributed by atoms with E-state index in [2.05, 4.69) is 15.9 Å². The molecule has 0 saturated carbocycles. The van der Waals surface area contributed by atoms with E-state index in [1.165, 1.54) is 0 Å². The van der Waals surface area contributed by atoms with Gasteiger partial charge in [-0.05, 0) is 30.3 Å². The van der Waals surface area contributed by atoms with Crippen LogP contribution in [-0.4, -0.2) is 10.9 Å². The number of pyridine rings is 1. The number of carbonyl (C=O) groups excluding carboxylic acids is 1. The van der Waals surface area contributed by atoms with E-state index in [-0.39, 0.29) is 18.1 Å². The molecule has 0 unspecified atom stereocenters. The lowest BCUT2D eigenvalue weighted by atomic mass is 10.1. The Balaban J connectivity index is 1.98.